The number of ether oxygens (including phenoxy) is 2. The van der Waals surface area contributed by atoms with Crippen LogP contribution in [0.1, 0.15) is 63.0 Å². The zero-order chi connectivity index (χ0) is 28.7. The van der Waals surface area contributed by atoms with Gasteiger partial charge in [0, 0.05) is 18.3 Å². The molecule has 216 valence electrons. The number of amides is 3. The molecule has 3 amide bonds. The average molecular weight is 558 g/mol. The molecule has 3 fully saturated rings. The number of methoxy groups -OCH3 is 1. The second-order valence-electron chi connectivity index (χ2n) is 12.1. The maximum absolute atomic E-state index is 14.2. The number of hydrogen-bond acceptors (Lipinski definition) is 5. The number of likely N-dealkylation sites (tertiary alicyclic amines) is 1. The van der Waals surface area contributed by atoms with Crippen LogP contribution in [-0.2, 0) is 25.7 Å². The van der Waals surface area contributed by atoms with Crippen molar-refractivity contribution in [3.63, 3.8) is 0 Å². The van der Waals surface area contributed by atoms with Crippen molar-refractivity contribution in [2.75, 3.05) is 12.4 Å². The largest absolute Gasteiger partial charge is 0.497 e. The minimum Gasteiger partial charge on any atom is -0.497 e. The molecule has 5 atom stereocenters. The number of hydrogen-bond donors (Lipinski definition) is 2. The monoisotopic (exact) mass is 557 g/mol. The zero-order valence-corrected chi connectivity index (χ0v) is 24.0. The highest BCUT2D eigenvalue weighted by molar-refractivity contribution is 6.02. The molecule has 41 heavy (non-hydrogen) atoms. The van der Waals surface area contributed by atoms with Crippen molar-refractivity contribution < 1.29 is 23.9 Å². The molecule has 8 heteroatoms. The van der Waals surface area contributed by atoms with E-state index >= 15 is 0 Å². The Kier molecular flexibility index (Phi) is 7.36. The number of nitrogens with one attached hydrogen (secondary N) is 2. The Morgan fingerprint density at radius 2 is 1.83 bits per heavy atom. The first-order chi connectivity index (χ1) is 19.8. The minimum absolute atomic E-state index is 0.0796. The average Bonchev–Trinajstić information content (AvgIpc) is 3.61. The van der Waals surface area contributed by atoms with Crippen molar-refractivity contribution in [2.45, 2.75) is 82.2 Å². The Morgan fingerprint density at radius 3 is 2.54 bits per heavy atom. The van der Waals surface area contributed by atoms with Crippen molar-refractivity contribution in [1.29, 1.82) is 0 Å². The number of carbonyl (C=O) groups excluding carboxylic acids is 3. The third-order valence-electron chi connectivity index (χ3n) is 9.21. The lowest BCUT2D eigenvalue weighted by atomic mass is 9.74. The maximum atomic E-state index is 14.2. The van der Waals surface area contributed by atoms with Gasteiger partial charge in [0.2, 0.25) is 17.7 Å². The summed E-state index contributed by atoms with van der Waals surface area (Å²) in [6, 6.07) is 14.5. The van der Waals surface area contributed by atoms with Crippen LogP contribution in [0.15, 0.2) is 60.7 Å². The molecule has 5 unspecified atom stereocenters. The number of fused-ring (bicyclic) bond motifs is 1. The molecule has 1 aliphatic carbocycles. The Morgan fingerprint density at radius 1 is 1.07 bits per heavy atom. The molecular formula is C33H39N3O5. The first-order valence-electron chi connectivity index (χ1n) is 14.8. The van der Waals surface area contributed by atoms with E-state index in [2.05, 4.69) is 24.5 Å². The maximum Gasteiger partial charge on any atom is 0.246 e. The molecular weight excluding hydrogens is 518 g/mol. The van der Waals surface area contributed by atoms with E-state index in [1.54, 1.807) is 12.0 Å². The lowest BCUT2D eigenvalue weighted by Gasteiger charge is -2.34. The van der Waals surface area contributed by atoms with Crippen LogP contribution >= 0.6 is 0 Å². The highest BCUT2D eigenvalue weighted by Gasteiger charge is 2.72. The molecule has 0 radical (unpaired) electrons. The lowest BCUT2D eigenvalue weighted by molar-refractivity contribution is -0.142. The molecule has 1 saturated carbocycles. The van der Waals surface area contributed by atoms with Crippen molar-refractivity contribution in [3.05, 3.63) is 71.8 Å². The first-order valence-corrected chi connectivity index (χ1v) is 14.8. The van der Waals surface area contributed by atoms with E-state index in [0.717, 1.165) is 31.2 Å². The van der Waals surface area contributed by atoms with Gasteiger partial charge in [-0.15, -0.1) is 0 Å². The minimum atomic E-state index is -1.19. The summed E-state index contributed by atoms with van der Waals surface area (Å²) in [5.74, 6) is -1.20. The summed E-state index contributed by atoms with van der Waals surface area (Å²) in [7, 11) is 1.60. The molecule has 3 aliphatic heterocycles. The molecule has 6 rings (SSSR count). The zero-order valence-electron chi connectivity index (χ0n) is 24.0. The molecule has 2 bridgehead atoms. The molecule has 3 heterocycles. The van der Waals surface area contributed by atoms with Gasteiger partial charge in [-0.2, -0.15) is 0 Å². The molecule has 1 spiro atoms. The summed E-state index contributed by atoms with van der Waals surface area (Å²) in [6.07, 6.45) is 8.33. The normalized spacial score (nSPS) is 28.7. The van der Waals surface area contributed by atoms with Gasteiger partial charge in [0.25, 0.3) is 0 Å². The number of benzene rings is 2. The topological polar surface area (TPSA) is 97.0 Å². The quantitative estimate of drug-likeness (QED) is 0.464. The van der Waals surface area contributed by atoms with Crippen molar-refractivity contribution >= 4 is 23.4 Å². The third kappa shape index (κ3) is 4.92. The van der Waals surface area contributed by atoms with Gasteiger partial charge < -0.3 is 25.0 Å². The van der Waals surface area contributed by atoms with Crippen LogP contribution in [0.25, 0.3) is 0 Å². The second-order valence-corrected chi connectivity index (χ2v) is 12.1. The summed E-state index contributed by atoms with van der Waals surface area (Å²) in [5, 5.41) is 6.25. The van der Waals surface area contributed by atoms with Crippen molar-refractivity contribution in [2.24, 2.45) is 11.8 Å². The Hall–Kier alpha value is -3.65. The van der Waals surface area contributed by atoms with E-state index in [1.165, 1.54) is 12.0 Å². The van der Waals surface area contributed by atoms with Crippen molar-refractivity contribution in [3.8, 4) is 5.75 Å². The number of rotatable bonds is 8. The molecule has 2 aromatic carbocycles. The van der Waals surface area contributed by atoms with Crippen LogP contribution in [0, 0.1) is 11.8 Å². The van der Waals surface area contributed by atoms with Crippen LogP contribution in [0.3, 0.4) is 0 Å². The molecule has 8 nitrogen and oxygen atoms in total. The van der Waals surface area contributed by atoms with Crippen molar-refractivity contribution in [1.82, 2.24) is 10.2 Å². The van der Waals surface area contributed by atoms with Crippen LogP contribution in [0.4, 0.5) is 5.69 Å². The van der Waals surface area contributed by atoms with Gasteiger partial charge in [0.1, 0.15) is 17.4 Å². The first kappa shape index (κ1) is 27.5. The van der Waals surface area contributed by atoms with Crippen LogP contribution in [0.2, 0.25) is 0 Å². The summed E-state index contributed by atoms with van der Waals surface area (Å²) in [6.45, 7) is 4.45. The van der Waals surface area contributed by atoms with Gasteiger partial charge in [-0.05, 0) is 54.2 Å². The van der Waals surface area contributed by atoms with Crippen LogP contribution in [0.5, 0.6) is 5.75 Å². The van der Waals surface area contributed by atoms with E-state index in [-0.39, 0.29) is 30.3 Å². The highest BCUT2D eigenvalue weighted by Crippen LogP contribution is 2.55. The number of carbonyl (C=O) groups is 3. The van der Waals surface area contributed by atoms with E-state index in [9.17, 15) is 14.4 Å². The Bertz CT molecular complexity index is 1350. The summed E-state index contributed by atoms with van der Waals surface area (Å²) < 4.78 is 11.9. The van der Waals surface area contributed by atoms with E-state index in [1.807, 2.05) is 60.7 Å². The standard InChI is InChI=1S/C33H39N3O5/c1-20(2)22-12-14-24(15-13-22)34-30(37)27-26-16-17-33(41-26)28(27)32(39)36(19-21-8-7-11-25(18-21)40-3)29(33)31(38)35-23-9-5-4-6-10-23/h7-8,11-18,20,23,26-29H,4-6,9-10,19H2,1-3H3,(H,34,37)(H,35,38). The summed E-state index contributed by atoms with van der Waals surface area (Å²) in [4.78, 5) is 43.6. The van der Waals surface area contributed by atoms with Gasteiger partial charge in [-0.1, -0.05) is 69.5 Å². The molecule has 2 aromatic rings. The summed E-state index contributed by atoms with van der Waals surface area (Å²) >= 11 is 0. The fraction of sp³-hybridized carbons (Fsp3) is 0.485. The van der Waals surface area contributed by atoms with E-state index < -0.39 is 29.6 Å². The predicted molar refractivity (Wildman–Crippen MR) is 155 cm³/mol. The lowest BCUT2D eigenvalue weighted by Crippen LogP contribution is -2.56. The second kappa shape index (κ2) is 11.0. The Balaban J connectivity index is 1.30. The fourth-order valence-corrected chi connectivity index (χ4v) is 7.11. The molecule has 4 aliphatic rings. The van der Waals surface area contributed by atoms with Gasteiger partial charge in [-0.25, -0.2) is 0 Å². The highest BCUT2D eigenvalue weighted by atomic mass is 16.5. The molecule has 2 N–H and O–H groups in total. The smallest absolute Gasteiger partial charge is 0.246 e. The number of nitrogens with zero attached hydrogens (tertiary/aromatic N) is 1. The SMILES string of the molecule is COc1cccc(CN2C(=O)C3C(C(=O)Nc4ccc(C(C)C)cc4)C4C=CC3(O4)C2C(=O)NC2CCCCC2)c1. The van der Waals surface area contributed by atoms with E-state index in [4.69, 9.17) is 9.47 Å². The predicted octanol–water partition coefficient (Wildman–Crippen LogP) is 4.56. The van der Waals surface area contributed by atoms with Gasteiger partial charge in [0.05, 0.1) is 25.0 Å². The van der Waals surface area contributed by atoms with E-state index in [0.29, 0.717) is 17.4 Å². The van der Waals surface area contributed by atoms with Gasteiger partial charge in [0.15, 0.2) is 0 Å². The third-order valence-corrected chi connectivity index (χ3v) is 9.21. The van der Waals surface area contributed by atoms with Crippen LogP contribution in [-0.4, -0.2) is 53.5 Å². The summed E-state index contributed by atoms with van der Waals surface area (Å²) in [5.41, 5.74) is 1.50. The number of anilines is 1. The Labute approximate surface area is 241 Å². The van der Waals surface area contributed by atoms with Gasteiger partial charge >= 0.3 is 0 Å². The van der Waals surface area contributed by atoms with Gasteiger partial charge in [-0.3, -0.25) is 14.4 Å². The van der Waals surface area contributed by atoms with Crippen LogP contribution < -0.4 is 15.4 Å². The molecule has 2 saturated heterocycles. The fourth-order valence-electron chi connectivity index (χ4n) is 7.11. The molecule has 0 aromatic heterocycles.